The first-order valence-electron chi connectivity index (χ1n) is 11.0. The molecule has 0 radical (unpaired) electrons. The van der Waals surface area contributed by atoms with E-state index in [1.54, 1.807) is 13.2 Å². The molecule has 1 aromatic carbocycles. The zero-order valence-electron chi connectivity index (χ0n) is 18.0. The Hall–Kier alpha value is -2.36. The number of ether oxygens (including phenoxy) is 3. The number of piperazine rings is 1. The van der Waals surface area contributed by atoms with Gasteiger partial charge in [0, 0.05) is 51.4 Å². The molecule has 4 saturated heterocycles. The van der Waals surface area contributed by atoms with Crippen molar-refractivity contribution in [2.75, 3.05) is 79.4 Å². The highest BCUT2D eigenvalue weighted by Crippen LogP contribution is 2.37. The highest BCUT2D eigenvalue weighted by Gasteiger charge is 2.56. The monoisotopic (exact) mass is 430 g/mol. The number of benzene rings is 1. The van der Waals surface area contributed by atoms with Crippen molar-refractivity contribution in [2.24, 2.45) is 0 Å². The molecule has 3 amide bonds. The second-order valence-electron chi connectivity index (χ2n) is 8.80. The van der Waals surface area contributed by atoms with Crippen LogP contribution in [0.4, 0.5) is 4.79 Å². The Morgan fingerprint density at radius 1 is 1.00 bits per heavy atom. The number of hydrogen-bond donors (Lipinski definition) is 0. The lowest BCUT2D eigenvalue weighted by Gasteiger charge is -2.63. The van der Waals surface area contributed by atoms with Gasteiger partial charge in [0.15, 0.2) is 0 Å². The number of hydrogen-bond acceptors (Lipinski definition) is 6. The van der Waals surface area contributed by atoms with Crippen LogP contribution in [-0.2, 0) is 9.47 Å². The van der Waals surface area contributed by atoms with Gasteiger partial charge in [-0.3, -0.25) is 9.69 Å². The van der Waals surface area contributed by atoms with Gasteiger partial charge in [0.1, 0.15) is 5.75 Å². The highest BCUT2D eigenvalue weighted by atomic mass is 16.5. The van der Waals surface area contributed by atoms with Gasteiger partial charge in [-0.1, -0.05) is 6.07 Å². The van der Waals surface area contributed by atoms with Gasteiger partial charge in [-0.25, -0.2) is 4.79 Å². The summed E-state index contributed by atoms with van der Waals surface area (Å²) < 4.78 is 16.4. The topological polar surface area (TPSA) is 74.8 Å². The first-order chi connectivity index (χ1) is 15.1. The van der Waals surface area contributed by atoms with Gasteiger partial charge >= 0.3 is 6.03 Å². The Labute approximate surface area is 182 Å². The van der Waals surface area contributed by atoms with Crippen LogP contribution in [0.15, 0.2) is 24.3 Å². The fourth-order valence-corrected chi connectivity index (χ4v) is 5.32. The van der Waals surface area contributed by atoms with Crippen molar-refractivity contribution in [2.45, 2.75) is 11.6 Å². The molecule has 0 bridgehead atoms. The minimum atomic E-state index is -0.205. The van der Waals surface area contributed by atoms with Crippen molar-refractivity contribution in [3.8, 4) is 5.75 Å². The summed E-state index contributed by atoms with van der Waals surface area (Å²) in [6.07, 6.45) is 0. The number of nitrogens with zero attached hydrogens (tertiary/aromatic N) is 4. The largest absolute Gasteiger partial charge is 0.497 e. The number of fused-ring (bicyclic) bond motifs is 2. The summed E-state index contributed by atoms with van der Waals surface area (Å²) in [5, 5.41) is 0. The number of urea groups is 1. The second-order valence-corrected chi connectivity index (χ2v) is 8.80. The third-order valence-corrected chi connectivity index (χ3v) is 6.88. The van der Waals surface area contributed by atoms with E-state index < -0.39 is 0 Å². The molecule has 4 heterocycles. The normalized spacial score (nSPS) is 25.7. The number of likely N-dealkylation sites (tertiary alicyclic amines) is 1. The average molecular weight is 431 g/mol. The van der Waals surface area contributed by atoms with E-state index in [0.29, 0.717) is 77.0 Å². The Balaban J connectivity index is 1.33. The van der Waals surface area contributed by atoms with Crippen molar-refractivity contribution < 1.29 is 23.8 Å². The lowest BCUT2D eigenvalue weighted by Crippen LogP contribution is -2.82. The maximum atomic E-state index is 13.3. The summed E-state index contributed by atoms with van der Waals surface area (Å²) in [5.41, 5.74) is 0.420. The van der Waals surface area contributed by atoms with Gasteiger partial charge in [-0.2, -0.15) is 0 Å². The number of morpholine rings is 2. The summed E-state index contributed by atoms with van der Waals surface area (Å²) in [7, 11) is 1.60. The lowest BCUT2D eigenvalue weighted by molar-refractivity contribution is -0.150. The zero-order valence-corrected chi connectivity index (χ0v) is 18.0. The molecule has 4 aliphatic rings. The van der Waals surface area contributed by atoms with Crippen molar-refractivity contribution in [1.82, 2.24) is 19.6 Å². The molecule has 5 rings (SSSR count). The minimum absolute atomic E-state index is 0.00135. The molecule has 0 saturated carbocycles. The van der Waals surface area contributed by atoms with Crippen LogP contribution in [0.3, 0.4) is 0 Å². The molecule has 0 N–H and O–H groups in total. The molecular weight excluding hydrogens is 400 g/mol. The van der Waals surface area contributed by atoms with E-state index in [1.165, 1.54) is 0 Å². The minimum Gasteiger partial charge on any atom is -0.497 e. The Kier molecular flexibility index (Phi) is 5.49. The maximum absolute atomic E-state index is 13.3. The highest BCUT2D eigenvalue weighted by molar-refractivity contribution is 5.95. The molecule has 9 heteroatoms. The lowest BCUT2D eigenvalue weighted by atomic mass is 9.82. The van der Waals surface area contributed by atoms with Crippen molar-refractivity contribution >= 4 is 11.9 Å². The first kappa shape index (κ1) is 20.5. The van der Waals surface area contributed by atoms with E-state index >= 15 is 0 Å². The molecule has 1 atom stereocenters. The van der Waals surface area contributed by atoms with Crippen LogP contribution in [0.25, 0.3) is 0 Å². The standard InChI is InChI=1S/C22H30N4O5/c1-29-19-4-2-3-17(11-19)20(27)24-12-18-13-31-10-7-26(18)22(14-24)15-25(16-22)21(28)23-5-8-30-9-6-23/h2-4,11,18H,5-10,12-16H2,1H3. The quantitative estimate of drug-likeness (QED) is 0.675. The summed E-state index contributed by atoms with van der Waals surface area (Å²) >= 11 is 0. The summed E-state index contributed by atoms with van der Waals surface area (Å²) in [4.78, 5) is 34.5. The predicted molar refractivity (Wildman–Crippen MR) is 112 cm³/mol. The van der Waals surface area contributed by atoms with Crippen LogP contribution in [0, 0.1) is 0 Å². The third kappa shape index (κ3) is 3.75. The Morgan fingerprint density at radius 2 is 1.74 bits per heavy atom. The second kappa shape index (κ2) is 8.29. The Morgan fingerprint density at radius 3 is 2.52 bits per heavy atom. The predicted octanol–water partition coefficient (Wildman–Crippen LogP) is 0.358. The molecule has 0 aromatic heterocycles. The SMILES string of the molecule is COc1cccc(C(=O)N2CC3COCCN3C3(C2)CN(C(=O)N2CCOCC2)C3)c1. The fraction of sp³-hybridized carbons (Fsp3) is 0.636. The van der Waals surface area contributed by atoms with E-state index in [-0.39, 0.29) is 23.5 Å². The average Bonchev–Trinajstić information content (AvgIpc) is 2.81. The van der Waals surface area contributed by atoms with E-state index in [0.717, 1.165) is 6.54 Å². The number of methoxy groups -OCH3 is 1. The van der Waals surface area contributed by atoms with Crippen LogP contribution >= 0.6 is 0 Å². The molecule has 1 spiro atoms. The molecule has 1 aromatic rings. The van der Waals surface area contributed by atoms with Crippen molar-refractivity contribution in [1.29, 1.82) is 0 Å². The Bertz CT molecular complexity index is 837. The van der Waals surface area contributed by atoms with Crippen molar-refractivity contribution in [3.63, 3.8) is 0 Å². The van der Waals surface area contributed by atoms with Crippen LogP contribution in [0.1, 0.15) is 10.4 Å². The number of carbonyl (C=O) groups is 2. The number of carbonyl (C=O) groups excluding carboxylic acids is 2. The van der Waals surface area contributed by atoms with Gasteiger partial charge in [0.2, 0.25) is 0 Å². The van der Waals surface area contributed by atoms with Gasteiger partial charge in [-0.15, -0.1) is 0 Å². The summed E-state index contributed by atoms with van der Waals surface area (Å²) in [6.45, 7) is 7.15. The molecular formula is C22H30N4O5. The molecule has 4 fully saturated rings. The van der Waals surface area contributed by atoms with E-state index in [9.17, 15) is 9.59 Å². The summed E-state index contributed by atoms with van der Waals surface area (Å²) in [5.74, 6) is 0.674. The zero-order chi connectivity index (χ0) is 21.4. The molecule has 0 aliphatic carbocycles. The molecule has 1 unspecified atom stereocenters. The van der Waals surface area contributed by atoms with Gasteiger partial charge in [0.05, 0.1) is 45.1 Å². The van der Waals surface area contributed by atoms with Gasteiger partial charge in [0.25, 0.3) is 5.91 Å². The van der Waals surface area contributed by atoms with E-state index in [2.05, 4.69) is 4.90 Å². The molecule has 4 aliphatic heterocycles. The molecule has 168 valence electrons. The smallest absolute Gasteiger partial charge is 0.320 e. The fourth-order valence-electron chi connectivity index (χ4n) is 5.32. The molecule has 9 nitrogen and oxygen atoms in total. The molecule has 31 heavy (non-hydrogen) atoms. The van der Waals surface area contributed by atoms with Gasteiger partial charge in [-0.05, 0) is 18.2 Å². The van der Waals surface area contributed by atoms with Crippen LogP contribution in [0.2, 0.25) is 0 Å². The van der Waals surface area contributed by atoms with Crippen LogP contribution in [-0.4, -0.2) is 122 Å². The van der Waals surface area contributed by atoms with Crippen LogP contribution in [0.5, 0.6) is 5.75 Å². The first-order valence-corrected chi connectivity index (χ1v) is 11.0. The number of rotatable bonds is 2. The van der Waals surface area contributed by atoms with Crippen molar-refractivity contribution in [3.05, 3.63) is 29.8 Å². The van der Waals surface area contributed by atoms with Crippen LogP contribution < -0.4 is 4.74 Å². The summed E-state index contributed by atoms with van der Waals surface area (Å²) in [6, 6.07) is 7.53. The number of amides is 3. The van der Waals surface area contributed by atoms with Gasteiger partial charge < -0.3 is 28.9 Å². The van der Waals surface area contributed by atoms with E-state index in [4.69, 9.17) is 14.2 Å². The van der Waals surface area contributed by atoms with E-state index in [1.807, 2.05) is 32.9 Å². The third-order valence-electron chi connectivity index (χ3n) is 6.88. The maximum Gasteiger partial charge on any atom is 0.320 e.